The summed E-state index contributed by atoms with van der Waals surface area (Å²) >= 11 is 1.12. The van der Waals surface area contributed by atoms with Crippen molar-refractivity contribution in [3.05, 3.63) is 87.3 Å². The summed E-state index contributed by atoms with van der Waals surface area (Å²) in [4.78, 5) is 43.8. The number of carbonyl (C=O) groups excluding carboxylic acids is 2. The summed E-state index contributed by atoms with van der Waals surface area (Å²) in [5, 5.41) is 3.10. The molecule has 0 bridgehead atoms. The molecule has 0 radical (unpaired) electrons. The van der Waals surface area contributed by atoms with Crippen molar-refractivity contribution in [2.75, 3.05) is 19.0 Å². The molecule has 35 heavy (non-hydrogen) atoms. The van der Waals surface area contributed by atoms with E-state index in [0.29, 0.717) is 38.5 Å². The lowest BCUT2D eigenvalue weighted by Crippen LogP contribution is -2.31. The number of nitrogens with one attached hydrogen (secondary N) is 1. The molecule has 4 aromatic rings. The van der Waals surface area contributed by atoms with Gasteiger partial charge in [-0.1, -0.05) is 30.3 Å². The molecule has 0 saturated heterocycles. The predicted octanol–water partition coefficient (Wildman–Crippen LogP) is 4.37. The van der Waals surface area contributed by atoms with Crippen molar-refractivity contribution in [2.45, 2.75) is 26.3 Å². The van der Waals surface area contributed by atoms with Crippen LogP contribution in [0.25, 0.3) is 10.2 Å². The van der Waals surface area contributed by atoms with Crippen LogP contribution in [0.5, 0.6) is 5.75 Å². The van der Waals surface area contributed by atoms with E-state index in [1.54, 1.807) is 45.2 Å². The normalized spacial score (nSPS) is 11.7. The molecular weight excluding hydrogens is 466 g/mol. The molecule has 0 saturated carbocycles. The van der Waals surface area contributed by atoms with Crippen LogP contribution < -0.4 is 15.6 Å². The van der Waals surface area contributed by atoms with Gasteiger partial charge in [0.2, 0.25) is 5.91 Å². The lowest BCUT2D eigenvalue weighted by molar-refractivity contribution is -0.118. The fourth-order valence-electron chi connectivity index (χ4n) is 3.63. The first-order valence-electron chi connectivity index (χ1n) is 11.0. The summed E-state index contributed by atoms with van der Waals surface area (Å²) in [7, 11) is 1.56. The molecule has 0 spiro atoms. The Bertz CT molecular complexity index is 1410. The Hall–Kier alpha value is -3.98. The maximum atomic E-state index is 13.2. The number of fused-ring (bicyclic) bond motifs is 1. The van der Waals surface area contributed by atoms with Gasteiger partial charge in [0.25, 0.3) is 5.56 Å². The summed E-state index contributed by atoms with van der Waals surface area (Å²) in [6.45, 7) is 3.55. The van der Waals surface area contributed by atoms with Gasteiger partial charge in [0.05, 0.1) is 25.4 Å². The Morgan fingerprint density at radius 1 is 1.11 bits per heavy atom. The maximum absolute atomic E-state index is 13.2. The number of rotatable bonds is 8. The molecule has 1 unspecified atom stereocenters. The number of amides is 1. The number of hydrogen-bond donors (Lipinski definition) is 1. The second-order valence-electron chi connectivity index (χ2n) is 7.96. The molecule has 0 aliphatic heterocycles. The minimum absolute atomic E-state index is 0.233. The van der Waals surface area contributed by atoms with Crippen LogP contribution >= 0.6 is 11.3 Å². The van der Waals surface area contributed by atoms with Crippen molar-refractivity contribution in [1.29, 1.82) is 0 Å². The Morgan fingerprint density at radius 2 is 1.83 bits per heavy atom. The van der Waals surface area contributed by atoms with Crippen LogP contribution in [-0.4, -0.2) is 35.1 Å². The van der Waals surface area contributed by atoms with Crippen LogP contribution in [0.4, 0.5) is 5.69 Å². The van der Waals surface area contributed by atoms with Gasteiger partial charge in [-0.15, -0.1) is 11.3 Å². The number of thiophene rings is 1. The number of aromatic nitrogens is 2. The van der Waals surface area contributed by atoms with Crippen LogP contribution in [0, 0.1) is 6.92 Å². The monoisotopic (exact) mass is 491 g/mol. The van der Waals surface area contributed by atoms with Crippen molar-refractivity contribution in [2.24, 2.45) is 0 Å². The van der Waals surface area contributed by atoms with E-state index < -0.39 is 12.0 Å². The second-order valence-corrected chi connectivity index (χ2v) is 8.96. The minimum Gasteiger partial charge on any atom is -0.497 e. The Balaban J connectivity index is 1.50. The highest BCUT2D eigenvalue weighted by Crippen LogP contribution is 2.28. The van der Waals surface area contributed by atoms with Gasteiger partial charge in [0, 0.05) is 12.1 Å². The highest BCUT2D eigenvalue weighted by atomic mass is 32.1. The van der Waals surface area contributed by atoms with Gasteiger partial charge in [-0.2, -0.15) is 0 Å². The molecule has 9 heteroatoms. The van der Waals surface area contributed by atoms with E-state index >= 15 is 0 Å². The number of methoxy groups -OCH3 is 1. The Morgan fingerprint density at radius 3 is 2.51 bits per heavy atom. The molecule has 4 rings (SSSR count). The third-order valence-electron chi connectivity index (χ3n) is 5.68. The topological polar surface area (TPSA) is 99.5 Å². The van der Waals surface area contributed by atoms with Gasteiger partial charge in [-0.05, 0) is 49.2 Å². The number of hydrogen-bond acceptors (Lipinski definition) is 7. The molecule has 8 nitrogen and oxygen atoms in total. The number of benzene rings is 2. The molecule has 1 N–H and O–H groups in total. The summed E-state index contributed by atoms with van der Waals surface area (Å²) in [5.74, 6) is -0.186. The quantitative estimate of drug-likeness (QED) is 0.368. The van der Waals surface area contributed by atoms with Crippen molar-refractivity contribution < 1.29 is 19.1 Å². The maximum Gasteiger partial charge on any atom is 0.348 e. The third-order valence-corrected chi connectivity index (χ3v) is 6.86. The van der Waals surface area contributed by atoms with Gasteiger partial charge in [-0.3, -0.25) is 14.2 Å². The van der Waals surface area contributed by atoms with Gasteiger partial charge < -0.3 is 14.8 Å². The first-order valence-corrected chi connectivity index (χ1v) is 11.9. The summed E-state index contributed by atoms with van der Waals surface area (Å²) in [6, 6.07) is 15.8. The Labute approximate surface area is 206 Å². The van der Waals surface area contributed by atoms with E-state index in [2.05, 4.69) is 10.3 Å². The third kappa shape index (κ3) is 5.25. The molecule has 180 valence electrons. The molecule has 1 amide bonds. The van der Waals surface area contributed by atoms with Gasteiger partial charge >= 0.3 is 5.97 Å². The lowest BCUT2D eigenvalue weighted by atomic mass is 10.2. The first-order chi connectivity index (χ1) is 16.9. The average molecular weight is 492 g/mol. The van der Waals surface area contributed by atoms with Gasteiger partial charge in [0.1, 0.15) is 21.5 Å². The largest absolute Gasteiger partial charge is 0.497 e. The number of ether oxygens (including phenoxy) is 2. The van der Waals surface area contributed by atoms with Crippen LogP contribution in [0.2, 0.25) is 0 Å². The average Bonchev–Trinajstić information content (AvgIpc) is 3.22. The first kappa shape index (κ1) is 24.2. The van der Waals surface area contributed by atoms with Crippen LogP contribution in [-0.2, 0) is 16.0 Å². The minimum atomic E-state index is -0.818. The molecule has 2 aromatic heterocycles. The standard InChI is InChI=1S/C26H25N3O5S/c1-16-21-24(35-22(16)26(32)34-14-13-18-7-5-4-6-8-18)27-15-29(25(21)31)17(2)23(30)28-19-9-11-20(33-3)12-10-19/h4-12,15,17H,13-14H2,1-3H3,(H,28,30). The molecule has 1 atom stereocenters. The predicted molar refractivity (Wildman–Crippen MR) is 135 cm³/mol. The van der Waals surface area contributed by atoms with Crippen LogP contribution in [0.1, 0.15) is 33.8 Å². The number of nitrogens with zero attached hydrogens (tertiary/aromatic N) is 2. The molecule has 0 fully saturated rings. The summed E-state index contributed by atoms with van der Waals surface area (Å²) in [5.41, 5.74) is 1.77. The smallest absolute Gasteiger partial charge is 0.348 e. The number of anilines is 1. The number of aryl methyl sites for hydroxylation is 1. The molecular formula is C26H25N3O5S. The lowest BCUT2D eigenvalue weighted by Gasteiger charge is -2.15. The van der Waals surface area contributed by atoms with E-state index in [4.69, 9.17) is 9.47 Å². The highest BCUT2D eigenvalue weighted by molar-refractivity contribution is 7.20. The van der Waals surface area contributed by atoms with E-state index in [-0.39, 0.29) is 18.1 Å². The second kappa shape index (κ2) is 10.5. The van der Waals surface area contributed by atoms with Crippen molar-refractivity contribution >= 4 is 39.1 Å². The van der Waals surface area contributed by atoms with E-state index in [0.717, 1.165) is 16.9 Å². The SMILES string of the molecule is COc1ccc(NC(=O)C(C)n2cnc3sc(C(=O)OCCc4ccccc4)c(C)c3c2=O)cc1. The fourth-order valence-corrected chi connectivity index (χ4v) is 4.66. The van der Waals surface area contributed by atoms with Gasteiger partial charge in [-0.25, -0.2) is 9.78 Å². The molecule has 2 aromatic carbocycles. The van der Waals surface area contributed by atoms with E-state index in [1.807, 2.05) is 30.3 Å². The van der Waals surface area contributed by atoms with E-state index in [9.17, 15) is 14.4 Å². The van der Waals surface area contributed by atoms with Crippen LogP contribution in [0.3, 0.4) is 0 Å². The van der Waals surface area contributed by atoms with Crippen LogP contribution in [0.15, 0.2) is 65.7 Å². The molecule has 2 heterocycles. The number of carbonyl (C=O) groups is 2. The van der Waals surface area contributed by atoms with Crippen molar-refractivity contribution in [1.82, 2.24) is 9.55 Å². The van der Waals surface area contributed by atoms with Crippen molar-refractivity contribution in [3.8, 4) is 5.75 Å². The fraction of sp³-hybridized carbons (Fsp3) is 0.231. The van der Waals surface area contributed by atoms with Gasteiger partial charge in [0.15, 0.2) is 0 Å². The zero-order chi connectivity index (χ0) is 24.9. The summed E-state index contributed by atoms with van der Waals surface area (Å²) < 4.78 is 11.8. The number of esters is 1. The zero-order valence-electron chi connectivity index (χ0n) is 19.6. The highest BCUT2D eigenvalue weighted by Gasteiger charge is 2.23. The molecule has 0 aliphatic rings. The zero-order valence-corrected chi connectivity index (χ0v) is 20.4. The molecule has 0 aliphatic carbocycles. The summed E-state index contributed by atoms with van der Waals surface area (Å²) in [6.07, 6.45) is 1.94. The van der Waals surface area contributed by atoms with Crippen molar-refractivity contribution in [3.63, 3.8) is 0 Å². The van der Waals surface area contributed by atoms with E-state index in [1.165, 1.54) is 10.9 Å². The Kier molecular flexibility index (Phi) is 7.26.